The van der Waals surface area contributed by atoms with Gasteiger partial charge in [-0.25, -0.2) is 0 Å². The summed E-state index contributed by atoms with van der Waals surface area (Å²) in [6.45, 7) is 4.69. The van der Waals surface area contributed by atoms with E-state index < -0.39 is 0 Å². The van der Waals surface area contributed by atoms with Crippen molar-refractivity contribution in [1.29, 1.82) is 0 Å². The van der Waals surface area contributed by atoms with Crippen LogP contribution in [0.1, 0.15) is 26.2 Å². The smallest absolute Gasteiger partial charge is 0.240 e. The van der Waals surface area contributed by atoms with E-state index in [0.29, 0.717) is 5.92 Å². The molecule has 0 aromatic carbocycles. The third-order valence-electron chi connectivity index (χ3n) is 3.76. The Morgan fingerprint density at radius 2 is 2.25 bits per heavy atom. The predicted octanol–water partition coefficient (Wildman–Crippen LogP) is 0.622. The molecular formula is C12H22N2O2. The lowest BCUT2D eigenvalue weighted by Crippen LogP contribution is -2.50. The summed E-state index contributed by atoms with van der Waals surface area (Å²) in [5, 5.41) is 3.15. The molecule has 0 radical (unpaired) electrons. The van der Waals surface area contributed by atoms with E-state index in [2.05, 4.69) is 12.2 Å². The molecule has 0 bridgehead atoms. The average molecular weight is 226 g/mol. The third kappa shape index (κ3) is 2.38. The van der Waals surface area contributed by atoms with Crippen LogP contribution in [0.5, 0.6) is 0 Å². The quantitative estimate of drug-likeness (QED) is 0.767. The Hall–Kier alpha value is -0.610. The van der Waals surface area contributed by atoms with Crippen molar-refractivity contribution < 1.29 is 9.53 Å². The van der Waals surface area contributed by atoms with Gasteiger partial charge in [-0.1, -0.05) is 6.92 Å². The SMILES string of the molecule is CNC1C(=O)N(CC2CCO2)CCCC1C. The van der Waals surface area contributed by atoms with Crippen LogP contribution < -0.4 is 5.32 Å². The lowest BCUT2D eigenvalue weighted by Gasteiger charge is -2.33. The number of ether oxygens (including phenoxy) is 1. The Morgan fingerprint density at radius 1 is 1.50 bits per heavy atom. The summed E-state index contributed by atoms with van der Waals surface area (Å²) in [5.74, 6) is 0.688. The number of rotatable bonds is 3. The molecule has 4 nitrogen and oxygen atoms in total. The number of carbonyl (C=O) groups is 1. The molecule has 2 fully saturated rings. The van der Waals surface area contributed by atoms with Gasteiger partial charge in [0, 0.05) is 19.7 Å². The monoisotopic (exact) mass is 226 g/mol. The number of nitrogens with one attached hydrogen (secondary N) is 1. The first-order chi connectivity index (χ1) is 7.72. The Morgan fingerprint density at radius 3 is 2.81 bits per heavy atom. The van der Waals surface area contributed by atoms with Gasteiger partial charge >= 0.3 is 0 Å². The molecular weight excluding hydrogens is 204 g/mol. The van der Waals surface area contributed by atoms with Crippen molar-refractivity contribution >= 4 is 5.91 Å². The summed E-state index contributed by atoms with van der Waals surface area (Å²) in [6, 6.07) is -0.0115. The second-order valence-electron chi connectivity index (χ2n) is 4.95. The molecule has 3 atom stereocenters. The van der Waals surface area contributed by atoms with Crippen LogP contribution in [-0.2, 0) is 9.53 Å². The molecule has 0 aromatic heterocycles. The molecule has 1 N–H and O–H groups in total. The van der Waals surface area contributed by atoms with Crippen LogP contribution in [0.4, 0.5) is 0 Å². The van der Waals surface area contributed by atoms with Crippen molar-refractivity contribution in [3.63, 3.8) is 0 Å². The fraction of sp³-hybridized carbons (Fsp3) is 0.917. The number of carbonyl (C=O) groups excluding carboxylic acids is 1. The Kier molecular flexibility index (Phi) is 3.82. The zero-order valence-corrected chi connectivity index (χ0v) is 10.2. The molecule has 92 valence electrons. The highest BCUT2D eigenvalue weighted by Gasteiger charge is 2.33. The van der Waals surface area contributed by atoms with E-state index in [9.17, 15) is 4.79 Å². The first kappa shape index (κ1) is 11.9. The van der Waals surface area contributed by atoms with E-state index in [0.717, 1.165) is 39.0 Å². The number of likely N-dealkylation sites (N-methyl/N-ethyl adjacent to an activating group) is 1. The molecule has 2 saturated heterocycles. The van der Waals surface area contributed by atoms with Gasteiger partial charge < -0.3 is 15.0 Å². The van der Waals surface area contributed by atoms with Crippen molar-refractivity contribution in [2.24, 2.45) is 5.92 Å². The number of hydrogen-bond acceptors (Lipinski definition) is 3. The zero-order chi connectivity index (χ0) is 11.5. The number of amides is 1. The summed E-state index contributed by atoms with van der Waals surface area (Å²) in [6.07, 6.45) is 3.62. The lowest BCUT2D eigenvalue weighted by atomic mass is 9.98. The van der Waals surface area contributed by atoms with Crippen LogP contribution >= 0.6 is 0 Å². The van der Waals surface area contributed by atoms with Crippen molar-refractivity contribution in [1.82, 2.24) is 10.2 Å². The van der Waals surface area contributed by atoms with Gasteiger partial charge in [0.2, 0.25) is 5.91 Å². The van der Waals surface area contributed by atoms with Gasteiger partial charge in [0.1, 0.15) is 0 Å². The molecule has 2 heterocycles. The molecule has 16 heavy (non-hydrogen) atoms. The van der Waals surface area contributed by atoms with Gasteiger partial charge in [-0.3, -0.25) is 4.79 Å². The van der Waals surface area contributed by atoms with Crippen LogP contribution in [0.15, 0.2) is 0 Å². The average Bonchev–Trinajstić information content (AvgIpc) is 2.32. The van der Waals surface area contributed by atoms with Crippen molar-refractivity contribution in [3.05, 3.63) is 0 Å². The molecule has 1 amide bonds. The highest BCUT2D eigenvalue weighted by Crippen LogP contribution is 2.20. The maximum absolute atomic E-state index is 12.3. The van der Waals surface area contributed by atoms with Crippen molar-refractivity contribution in [3.8, 4) is 0 Å². The minimum Gasteiger partial charge on any atom is -0.376 e. The van der Waals surface area contributed by atoms with E-state index in [1.807, 2.05) is 11.9 Å². The summed E-state index contributed by atoms with van der Waals surface area (Å²) < 4.78 is 5.40. The molecule has 2 aliphatic heterocycles. The Bertz CT molecular complexity index is 253. The highest BCUT2D eigenvalue weighted by molar-refractivity contribution is 5.82. The van der Waals surface area contributed by atoms with E-state index in [4.69, 9.17) is 4.74 Å². The number of nitrogens with zero attached hydrogens (tertiary/aromatic N) is 1. The standard InChI is InChI=1S/C12H22N2O2/c1-9-4-3-6-14(8-10-5-7-16-10)12(15)11(9)13-2/h9-11,13H,3-8H2,1-2H3. The largest absolute Gasteiger partial charge is 0.376 e. The van der Waals surface area contributed by atoms with Crippen LogP contribution in [-0.4, -0.2) is 49.7 Å². The molecule has 2 aliphatic rings. The third-order valence-corrected chi connectivity index (χ3v) is 3.76. The topological polar surface area (TPSA) is 41.6 Å². The fourth-order valence-corrected chi connectivity index (χ4v) is 2.58. The molecule has 2 rings (SSSR count). The summed E-state index contributed by atoms with van der Waals surface area (Å²) in [7, 11) is 1.88. The number of hydrogen-bond donors (Lipinski definition) is 1. The summed E-state index contributed by atoms with van der Waals surface area (Å²) in [5.41, 5.74) is 0. The molecule has 3 unspecified atom stereocenters. The first-order valence-corrected chi connectivity index (χ1v) is 6.30. The summed E-state index contributed by atoms with van der Waals surface area (Å²) >= 11 is 0. The number of likely N-dealkylation sites (tertiary alicyclic amines) is 1. The second-order valence-corrected chi connectivity index (χ2v) is 4.95. The van der Waals surface area contributed by atoms with Crippen LogP contribution in [0.3, 0.4) is 0 Å². The first-order valence-electron chi connectivity index (χ1n) is 6.30. The summed E-state index contributed by atoms with van der Waals surface area (Å²) in [4.78, 5) is 14.3. The maximum atomic E-state index is 12.3. The van der Waals surface area contributed by atoms with E-state index in [1.54, 1.807) is 0 Å². The second kappa shape index (κ2) is 5.15. The highest BCUT2D eigenvalue weighted by atomic mass is 16.5. The van der Waals surface area contributed by atoms with Crippen LogP contribution in [0.2, 0.25) is 0 Å². The molecule has 0 aromatic rings. The molecule has 4 heteroatoms. The van der Waals surface area contributed by atoms with Crippen molar-refractivity contribution in [2.45, 2.75) is 38.3 Å². The molecule has 0 aliphatic carbocycles. The Labute approximate surface area is 97.3 Å². The van der Waals surface area contributed by atoms with Gasteiger partial charge in [-0.15, -0.1) is 0 Å². The lowest BCUT2D eigenvalue weighted by molar-refractivity contribution is -0.139. The van der Waals surface area contributed by atoms with Gasteiger partial charge in [0.25, 0.3) is 0 Å². The van der Waals surface area contributed by atoms with Crippen molar-refractivity contribution in [2.75, 3.05) is 26.7 Å². The minimum atomic E-state index is -0.0115. The van der Waals surface area contributed by atoms with Gasteiger partial charge in [0.05, 0.1) is 12.1 Å². The van der Waals surface area contributed by atoms with E-state index in [-0.39, 0.29) is 18.1 Å². The zero-order valence-electron chi connectivity index (χ0n) is 10.2. The van der Waals surface area contributed by atoms with E-state index in [1.165, 1.54) is 0 Å². The normalized spacial score (nSPS) is 35.8. The van der Waals surface area contributed by atoms with Gasteiger partial charge in [0.15, 0.2) is 0 Å². The fourth-order valence-electron chi connectivity index (χ4n) is 2.58. The van der Waals surface area contributed by atoms with Gasteiger partial charge in [-0.05, 0) is 32.2 Å². The van der Waals surface area contributed by atoms with Crippen LogP contribution in [0.25, 0.3) is 0 Å². The Balaban J connectivity index is 1.97. The minimum absolute atomic E-state index is 0.0115. The maximum Gasteiger partial charge on any atom is 0.240 e. The predicted molar refractivity (Wildman–Crippen MR) is 62.2 cm³/mol. The molecule has 0 saturated carbocycles. The molecule has 0 spiro atoms. The van der Waals surface area contributed by atoms with Gasteiger partial charge in [-0.2, -0.15) is 0 Å². The van der Waals surface area contributed by atoms with E-state index >= 15 is 0 Å². The van der Waals surface area contributed by atoms with Crippen LogP contribution in [0, 0.1) is 5.92 Å².